The molecule has 6 nitrogen and oxygen atoms in total. The third-order valence-corrected chi connectivity index (χ3v) is 4.96. The molecule has 0 fully saturated rings. The van der Waals surface area contributed by atoms with Crippen LogP contribution in [0.5, 0.6) is 0 Å². The molecule has 156 valence electrons. The number of rotatable bonds is 7. The predicted octanol–water partition coefficient (Wildman–Crippen LogP) is 4.81. The summed E-state index contributed by atoms with van der Waals surface area (Å²) in [5.74, 6) is 0.569. The number of carbonyl (C=O) groups excluding carboxylic acids is 1. The van der Waals surface area contributed by atoms with E-state index in [9.17, 15) is 4.79 Å². The molecule has 0 atom stereocenters. The summed E-state index contributed by atoms with van der Waals surface area (Å²) < 4.78 is 1.32. The summed E-state index contributed by atoms with van der Waals surface area (Å²) in [4.78, 5) is 17.6. The number of benzene rings is 3. The molecule has 4 rings (SSSR count). The number of aromatic nitrogens is 3. The van der Waals surface area contributed by atoms with E-state index in [-0.39, 0.29) is 5.91 Å². The smallest absolute Gasteiger partial charge is 0.281 e. The first-order chi connectivity index (χ1) is 15.1. The zero-order valence-electron chi connectivity index (χ0n) is 17.7. The summed E-state index contributed by atoms with van der Waals surface area (Å²) in [6, 6.07) is 25.6. The molecule has 0 aliphatic rings. The van der Waals surface area contributed by atoms with Crippen molar-refractivity contribution in [2.75, 3.05) is 10.6 Å². The van der Waals surface area contributed by atoms with Gasteiger partial charge in [-0.25, -0.2) is 0 Å². The largest absolute Gasteiger partial charge is 0.350 e. The van der Waals surface area contributed by atoms with E-state index in [0.717, 1.165) is 11.1 Å². The van der Waals surface area contributed by atoms with Crippen molar-refractivity contribution in [1.82, 2.24) is 14.8 Å². The zero-order valence-corrected chi connectivity index (χ0v) is 17.7. The molecule has 3 aromatic carbocycles. The Morgan fingerprint density at radius 3 is 1.90 bits per heavy atom. The molecule has 0 radical (unpaired) electrons. The highest BCUT2D eigenvalue weighted by molar-refractivity contribution is 5.96. The number of hydrogen-bond donors (Lipinski definition) is 2. The molecule has 0 saturated carbocycles. The summed E-state index contributed by atoms with van der Waals surface area (Å²) in [6.45, 7) is 5.22. The SMILES string of the molecule is Cc1ccc(CNc2nc(NCc3ccc(C)cc3)n(C(=O)c3ccccc3)n2)cc1. The Balaban J connectivity index is 1.55. The first kappa shape index (κ1) is 20.3. The van der Waals surface area contributed by atoms with Gasteiger partial charge in [0.2, 0.25) is 11.9 Å². The van der Waals surface area contributed by atoms with Crippen molar-refractivity contribution in [3.8, 4) is 0 Å². The Morgan fingerprint density at radius 2 is 1.32 bits per heavy atom. The van der Waals surface area contributed by atoms with Gasteiger partial charge in [-0.05, 0) is 37.1 Å². The van der Waals surface area contributed by atoms with Crippen LogP contribution in [0.3, 0.4) is 0 Å². The van der Waals surface area contributed by atoms with E-state index in [0.29, 0.717) is 30.5 Å². The predicted molar refractivity (Wildman–Crippen MR) is 123 cm³/mol. The van der Waals surface area contributed by atoms with Gasteiger partial charge in [0, 0.05) is 18.7 Å². The van der Waals surface area contributed by atoms with Gasteiger partial charge in [-0.15, -0.1) is 5.10 Å². The molecule has 0 amide bonds. The van der Waals surface area contributed by atoms with Gasteiger partial charge in [0.15, 0.2) is 0 Å². The van der Waals surface area contributed by atoms with Crippen molar-refractivity contribution in [3.63, 3.8) is 0 Å². The first-order valence-electron chi connectivity index (χ1n) is 10.2. The molecule has 31 heavy (non-hydrogen) atoms. The normalized spacial score (nSPS) is 10.6. The van der Waals surface area contributed by atoms with Gasteiger partial charge >= 0.3 is 0 Å². The maximum absolute atomic E-state index is 13.0. The summed E-state index contributed by atoms with van der Waals surface area (Å²) in [6.07, 6.45) is 0. The molecular weight excluding hydrogens is 386 g/mol. The quantitative estimate of drug-likeness (QED) is 0.457. The van der Waals surface area contributed by atoms with Crippen LogP contribution >= 0.6 is 0 Å². The maximum atomic E-state index is 13.0. The molecule has 0 spiro atoms. The molecular formula is C25H25N5O. The molecule has 1 heterocycles. The lowest BCUT2D eigenvalue weighted by Gasteiger charge is -2.07. The van der Waals surface area contributed by atoms with Gasteiger partial charge < -0.3 is 10.6 Å². The zero-order chi connectivity index (χ0) is 21.6. The lowest BCUT2D eigenvalue weighted by Crippen LogP contribution is -2.17. The van der Waals surface area contributed by atoms with Crippen molar-refractivity contribution in [3.05, 3.63) is 107 Å². The van der Waals surface area contributed by atoms with Crippen LogP contribution in [0.4, 0.5) is 11.9 Å². The third-order valence-electron chi connectivity index (χ3n) is 4.96. The standard InChI is InChI=1S/C25H25N5O/c1-18-8-12-20(13-9-18)16-26-24-28-25(27-17-21-14-10-19(2)11-15-21)30(29-24)23(31)22-6-4-3-5-7-22/h3-15H,16-17H2,1-2H3,(H2,26,27,28,29). The highest BCUT2D eigenvalue weighted by Crippen LogP contribution is 2.15. The number of nitrogens with zero attached hydrogens (tertiary/aromatic N) is 3. The van der Waals surface area contributed by atoms with Gasteiger partial charge in [0.1, 0.15) is 0 Å². The summed E-state index contributed by atoms with van der Waals surface area (Å²) in [5, 5.41) is 10.9. The van der Waals surface area contributed by atoms with Gasteiger partial charge in [0.05, 0.1) is 0 Å². The van der Waals surface area contributed by atoms with Crippen LogP contribution in [0, 0.1) is 13.8 Å². The number of aryl methyl sites for hydroxylation is 2. The fourth-order valence-electron chi connectivity index (χ4n) is 3.12. The van der Waals surface area contributed by atoms with E-state index in [1.807, 2.05) is 18.2 Å². The molecule has 1 aromatic heterocycles. The molecule has 0 aliphatic heterocycles. The van der Waals surface area contributed by atoms with E-state index in [1.54, 1.807) is 12.1 Å². The molecule has 0 saturated heterocycles. The van der Waals surface area contributed by atoms with Crippen molar-refractivity contribution < 1.29 is 4.79 Å². The Kier molecular flexibility index (Phi) is 6.08. The Morgan fingerprint density at radius 1 is 0.774 bits per heavy atom. The number of hydrogen-bond acceptors (Lipinski definition) is 5. The van der Waals surface area contributed by atoms with Crippen LogP contribution in [0.25, 0.3) is 0 Å². The van der Waals surface area contributed by atoms with E-state index in [4.69, 9.17) is 0 Å². The number of anilines is 2. The maximum Gasteiger partial charge on any atom is 0.281 e. The minimum Gasteiger partial charge on any atom is -0.350 e. The van der Waals surface area contributed by atoms with E-state index >= 15 is 0 Å². The minimum absolute atomic E-state index is 0.233. The third kappa shape index (κ3) is 5.17. The highest BCUT2D eigenvalue weighted by Gasteiger charge is 2.17. The minimum atomic E-state index is -0.233. The lowest BCUT2D eigenvalue weighted by molar-refractivity contribution is 0.0947. The van der Waals surface area contributed by atoms with E-state index in [1.165, 1.54) is 15.8 Å². The average molecular weight is 412 g/mol. The van der Waals surface area contributed by atoms with Gasteiger partial charge in [0.25, 0.3) is 5.91 Å². The van der Waals surface area contributed by atoms with Crippen LogP contribution in [0.15, 0.2) is 78.9 Å². The Labute approximate surface area is 182 Å². The van der Waals surface area contributed by atoms with E-state index in [2.05, 4.69) is 83.1 Å². The summed E-state index contributed by atoms with van der Waals surface area (Å²) >= 11 is 0. The van der Waals surface area contributed by atoms with Crippen LogP contribution in [0.1, 0.15) is 32.6 Å². The fraction of sp³-hybridized carbons (Fsp3) is 0.160. The van der Waals surface area contributed by atoms with Crippen LogP contribution in [0.2, 0.25) is 0 Å². The topological polar surface area (TPSA) is 71.8 Å². The lowest BCUT2D eigenvalue weighted by atomic mass is 10.1. The van der Waals surface area contributed by atoms with Crippen molar-refractivity contribution in [1.29, 1.82) is 0 Å². The number of nitrogens with one attached hydrogen (secondary N) is 2. The van der Waals surface area contributed by atoms with Crippen molar-refractivity contribution in [2.45, 2.75) is 26.9 Å². The first-order valence-corrected chi connectivity index (χ1v) is 10.2. The fourth-order valence-corrected chi connectivity index (χ4v) is 3.12. The van der Waals surface area contributed by atoms with E-state index < -0.39 is 0 Å². The molecule has 0 aliphatic carbocycles. The summed E-state index contributed by atoms with van der Waals surface area (Å²) in [5.41, 5.74) is 5.18. The van der Waals surface area contributed by atoms with Crippen LogP contribution < -0.4 is 10.6 Å². The summed E-state index contributed by atoms with van der Waals surface area (Å²) in [7, 11) is 0. The second-order valence-electron chi connectivity index (χ2n) is 7.52. The molecule has 2 N–H and O–H groups in total. The number of carbonyl (C=O) groups is 1. The second-order valence-corrected chi connectivity index (χ2v) is 7.52. The molecule has 0 unspecified atom stereocenters. The average Bonchev–Trinajstić information content (AvgIpc) is 3.21. The second kappa shape index (κ2) is 9.26. The Hall–Kier alpha value is -3.93. The van der Waals surface area contributed by atoms with Crippen molar-refractivity contribution in [2.24, 2.45) is 0 Å². The molecule has 0 bridgehead atoms. The van der Waals surface area contributed by atoms with Gasteiger partial charge in [-0.1, -0.05) is 77.9 Å². The van der Waals surface area contributed by atoms with Crippen LogP contribution in [-0.4, -0.2) is 20.7 Å². The monoisotopic (exact) mass is 411 g/mol. The van der Waals surface area contributed by atoms with Crippen LogP contribution in [-0.2, 0) is 13.1 Å². The van der Waals surface area contributed by atoms with Gasteiger partial charge in [-0.2, -0.15) is 9.67 Å². The Bertz CT molecular complexity index is 1150. The highest BCUT2D eigenvalue weighted by atomic mass is 16.2. The van der Waals surface area contributed by atoms with Gasteiger partial charge in [-0.3, -0.25) is 4.79 Å². The molecule has 6 heteroatoms. The van der Waals surface area contributed by atoms with Crippen molar-refractivity contribution >= 4 is 17.8 Å². The molecule has 4 aromatic rings.